The Morgan fingerprint density at radius 3 is 2.35 bits per heavy atom. The van der Waals surface area contributed by atoms with Crippen molar-refractivity contribution in [3.63, 3.8) is 0 Å². The van der Waals surface area contributed by atoms with Crippen LogP contribution in [0, 0.1) is 5.95 Å². The maximum Gasteiger partial charge on any atom is 0.336 e. The molecule has 0 radical (unpaired) electrons. The lowest BCUT2D eigenvalue weighted by atomic mass is 9.99. The van der Waals surface area contributed by atoms with Crippen LogP contribution in [0.15, 0.2) is 66.9 Å². The number of hydrogen-bond acceptors (Lipinski definition) is 5. The van der Waals surface area contributed by atoms with Crippen molar-refractivity contribution in [3.8, 4) is 11.1 Å². The average molecular weight is 462 g/mol. The third-order valence-electron chi connectivity index (χ3n) is 5.72. The maximum atomic E-state index is 13.2. The van der Waals surface area contributed by atoms with Crippen molar-refractivity contribution >= 4 is 23.5 Å². The lowest BCUT2D eigenvalue weighted by Crippen LogP contribution is -2.51. The molecule has 0 saturated carbocycles. The SMILES string of the molecule is O=C(NCC(=O)N1CCN(c2ccc(-c3ccccc3C(=O)O)cc2)CC1)c1ccnc(F)c1. The van der Waals surface area contributed by atoms with Crippen molar-refractivity contribution in [1.82, 2.24) is 15.2 Å². The van der Waals surface area contributed by atoms with Gasteiger partial charge in [0.15, 0.2) is 0 Å². The number of amides is 2. The van der Waals surface area contributed by atoms with E-state index in [1.165, 1.54) is 12.3 Å². The quantitative estimate of drug-likeness (QED) is 0.546. The molecule has 0 bridgehead atoms. The van der Waals surface area contributed by atoms with E-state index in [1.54, 1.807) is 23.1 Å². The van der Waals surface area contributed by atoms with E-state index in [4.69, 9.17) is 0 Å². The molecule has 0 unspecified atom stereocenters. The number of carbonyl (C=O) groups is 3. The Hall–Kier alpha value is -4.27. The summed E-state index contributed by atoms with van der Waals surface area (Å²) in [4.78, 5) is 43.3. The lowest BCUT2D eigenvalue weighted by molar-refractivity contribution is -0.130. The number of carboxylic acids is 1. The molecule has 1 saturated heterocycles. The maximum absolute atomic E-state index is 13.2. The number of carbonyl (C=O) groups excluding carboxylic acids is 2. The minimum atomic E-state index is -0.968. The summed E-state index contributed by atoms with van der Waals surface area (Å²) in [6.45, 7) is 2.09. The van der Waals surface area contributed by atoms with Gasteiger partial charge in [-0.2, -0.15) is 4.39 Å². The summed E-state index contributed by atoms with van der Waals surface area (Å²) in [7, 11) is 0. The Balaban J connectivity index is 1.31. The van der Waals surface area contributed by atoms with Crippen molar-refractivity contribution in [2.24, 2.45) is 0 Å². The highest BCUT2D eigenvalue weighted by Gasteiger charge is 2.22. The number of carboxylic acid groups (broad SMARTS) is 1. The normalized spacial score (nSPS) is 13.4. The first-order valence-corrected chi connectivity index (χ1v) is 10.8. The van der Waals surface area contributed by atoms with Gasteiger partial charge in [0.1, 0.15) is 0 Å². The van der Waals surface area contributed by atoms with Crippen molar-refractivity contribution in [2.75, 3.05) is 37.6 Å². The predicted molar refractivity (Wildman–Crippen MR) is 124 cm³/mol. The fraction of sp³-hybridized carbons (Fsp3) is 0.200. The molecule has 34 heavy (non-hydrogen) atoms. The summed E-state index contributed by atoms with van der Waals surface area (Å²) < 4.78 is 13.2. The molecule has 0 spiro atoms. The molecule has 9 heteroatoms. The van der Waals surface area contributed by atoms with E-state index in [2.05, 4.69) is 15.2 Å². The number of pyridine rings is 1. The Kier molecular flexibility index (Phi) is 6.82. The van der Waals surface area contributed by atoms with Gasteiger partial charge in [-0.3, -0.25) is 9.59 Å². The number of nitrogens with zero attached hydrogens (tertiary/aromatic N) is 3. The monoisotopic (exact) mass is 462 g/mol. The van der Waals surface area contributed by atoms with E-state index >= 15 is 0 Å². The number of aromatic nitrogens is 1. The zero-order valence-corrected chi connectivity index (χ0v) is 18.3. The van der Waals surface area contributed by atoms with E-state index in [-0.39, 0.29) is 23.6 Å². The van der Waals surface area contributed by atoms with Crippen molar-refractivity contribution in [1.29, 1.82) is 0 Å². The molecule has 0 aliphatic carbocycles. The molecule has 1 aliphatic heterocycles. The fourth-order valence-corrected chi connectivity index (χ4v) is 3.90. The van der Waals surface area contributed by atoms with Crippen LogP contribution in [-0.4, -0.2) is 65.5 Å². The van der Waals surface area contributed by atoms with Crippen LogP contribution in [0.3, 0.4) is 0 Å². The summed E-state index contributed by atoms with van der Waals surface area (Å²) in [5, 5.41) is 11.9. The number of rotatable bonds is 6. The number of nitrogens with one attached hydrogen (secondary N) is 1. The van der Waals surface area contributed by atoms with Crippen molar-refractivity contribution in [3.05, 3.63) is 83.9 Å². The molecular weight excluding hydrogens is 439 g/mol. The van der Waals surface area contributed by atoms with Gasteiger partial charge in [0.25, 0.3) is 5.91 Å². The molecule has 1 aromatic heterocycles. The molecule has 1 fully saturated rings. The molecule has 2 aromatic carbocycles. The van der Waals surface area contributed by atoms with Gasteiger partial charge in [0.05, 0.1) is 12.1 Å². The van der Waals surface area contributed by atoms with Crippen LogP contribution in [0.4, 0.5) is 10.1 Å². The molecule has 2 amide bonds. The third kappa shape index (κ3) is 5.20. The van der Waals surface area contributed by atoms with E-state index in [0.29, 0.717) is 31.7 Å². The zero-order valence-electron chi connectivity index (χ0n) is 18.3. The molecule has 4 rings (SSSR count). The van der Waals surface area contributed by atoms with Gasteiger partial charge in [-0.15, -0.1) is 0 Å². The summed E-state index contributed by atoms with van der Waals surface area (Å²) in [5.74, 6) is -2.46. The average Bonchev–Trinajstić information content (AvgIpc) is 2.87. The second-order valence-corrected chi connectivity index (χ2v) is 7.82. The Labute approximate surface area is 195 Å². The molecule has 1 aliphatic rings. The van der Waals surface area contributed by atoms with Gasteiger partial charge < -0.3 is 20.2 Å². The van der Waals surface area contributed by atoms with Crippen LogP contribution < -0.4 is 10.2 Å². The molecule has 8 nitrogen and oxygen atoms in total. The van der Waals surface area contributed by atoms with Crippen LogP contribution >= 0.6 is 0 Å². The highest BCUT2D eigenvalue weighted by molar-refractivity contribution is 5.97. The van der Waals surface area contributed by atoms with E-state index in [0.717, 1.165) is 17.3 Å². The van der Waals surface area contributed by atoms with E-state index < -0.39 is 17.8 Å². The lowest BCUT2D eigenvalue weighted by Gasteiger charge is -2.36. The predicted octanol–water partition coefficient (Wildman–Crippen LogP) is 2.66. The standard InChI is InChI=1S/C25H23FN4O4/c26-22-15-18(9-10-27-22)24(32)28-16-23(31)30-13-11-29(12-14-30)19-7-5-17(6-8-19)20-3-1-2-4-21(20)25(33)34/h1-10,15H,11-14,16H2,(H,28,32)(H,33,34). The zero-order chi connectivity index (χ0) is 24.1. The summed E-state index contributed by atoms with van der Waals surface area (Å²) in [6, 6.07) is 17.0. The number of aromatic carboxylic acids is 1. The number of benzene rings is 2. The van der Waals surface area contributed by atoms with Gasteiger partial charge in [-0.1, -0.05) is 30.3 Å². The highest BCUT2D eigenvalue weighted by Crippen LogP contribution is 2.27. The van der Waals surface area contributed by atoms with Gasteiger partial charge in [0.2, 0.25) is 11.9 Å². The first-order chi connectivity index (χ1) is 16.4. The highest BCUT2D eigenvalue weighted by atomic mass is 19.1. The molecule has 0 atom stereocenters. The Morgan fingerprint density at radius 2 is 1.68 bits per heavy atom. The molecule has 2 N–H and O–H groups in total. The van der Waals surface area contributed by atoms with Crippen LogP contribution in [0.1, 0.15) is 20.7 Å². The van der Waals surface area contributed by atoms with Crippen LogP contribution in [0.5, 0.6) is 0 Å². The first-order valence-electron chi connectivity index (χ1n) is 10.8. The topological polar surface area (TPSA) is 103 Å². The largest absolute Gasteiger partial charge is 0.478 e. The first kappa shape index (κ1) is 22.9. The summed E-state index contributed by atoms with van der Waals surface area (Å²) >= 11 is 0. The minimum absolute atomic E-state index is 0.111. The molecular formula is C25H23FN4O4. The summed E-state index contributed by atoms with van der Waals surface area (Å²) in [6.07, 6.45) is 1.20. The minimum Gasteiger partial charge on any atom is -0.478 e. The smallest absolute Gasteiger partial charge is 0.336 e. The molecule has 2 heterocycles. The molecule has 174 valence electrons. The van der Waals surface area contributed by atoms with Gasteiger partial charge in [-0.05, 0) is 35.4 Å². The number of piperazine rings is 1. The van der Waals surface area contributed by atoms with Crippen LogP contribution in [0.2, 0.25) is 0 Å². The second kappa shape index (κ2) is 10.1. The third-order valence-corrected chi connectivity index (χ3v) is 5.72. The van der Waals surface area contributed by atoms with Gasteiger partial charge >= 0.3 is 5.97 Å². The van der Waals surface area contributed by atoms with Crippen LogP contribution in [-0.2, 0) is 4.79 Å². The summed E-state index contributed by atoms with van der Waals surface area (Å²) in [5.41, 5.74) is 2.83. The van der Waals surface area contributed by atoms with Gasteiger partial charge in [0, 0.05) is 49.7 Å². The van der Waals surface area contributed by atoms with Crippen molar-refractivity contribution < 1.29 is 23.9 Å². The van der Waals surface area contributed by atoms with E-state index in [1.807, 2.05) is 30.3 Å². The number of halogens is 1. The second-order valence-electron chi connectivity index (χ2n) is 7.82. The van der Waals surface area contributed by atoms with E-state index in [9.17, 15) is 23.9 Å². The van der Waals surface area contributed by atoms with Crippen molar-refractivity contribution in [2.45, 2.75) is 0 Å². The number of hydrogen-bond donors (Lipinski definition) is 2. The Morgan fingerprint density at radius 1 is 0.971 bits per heavy atom. The number of anilines is 1. The van der Waals surface area contributed by atoms with Crippen LogP contribution in [0.25, 0.3) is 11.1 Å². The molecule has 3 aromatic rings. The fourth-order valence-electron chi connectivity index (χ4n) is 3.90. The van der Waals surface area contributed by atoms with Gasteiger partial charge in [-0.25, -0.2) is 9.78 Å². The Bertz CT molecular complexity index is 1210.